The molecule has 3 heteroatoms. The van der Waals surface area contributed by atoms with Gasteiger partial charge in [0.25, 0.3) is 0 Å². The Morgan fingerprint density at radius 3 is 2.60 bits per heavy atom. The topological polar surface area (TPSA) is 12.9 Å². The maximum Gasteiger partial charge on any atom is 0.0959 e. The van der Waals surface area contributed by atoms with Crippen molar-refractivity contribution < 1.29 is 0 Å². The highest BCUT2D eigenvalue weighted by atomic mass is 79.9. The van der Waals surface area contributed by atoms with E-state index in [1.54, 1.807) is 0 Å². The Balaban J connectivity index is 0.00000196. The van der Waals surface area contributed by atoms with Crippen LogP contribution >= 0.6 is 28.7 Å². The second-order valence-corrected chi connectivity index (χ2v) is 4.55. The quantitative estimate of drug-likeness (QED) is 0.532. The van der Waals surface area contributed by atoms with Crippen LogP contribution in [-0.2, 0) is 0 Å². The number of aromatic nitrogens is 1. The summed E-state index contributed by atoms with van der Waals surface area (Å²) in [5.74, 6) is 1.21. The highest BCUT2D eigenvalue weighted by Gasteiger charge is 1.93. The highest BCUT2D eigenvalue weighted by Crippen LogP contribution is 2.16. The molecule has 0 aromatic carbocycles. The van der Waals surface area contributed by atoms with Crippen LogP contribution in [-0.4, -0.2) is 10.7 Å². The summed E-state index contributed by atoms with van der Waals surface area (Å²) in [7, 11) is 0. The van der Waals surface area contributed by atoms with E-state index in [-0.39, 0.29) is 17.0 Å². The number of thioether (sulfide) groups is 1. The smallest absolute Gasteiger partial charge is 0.0959 e. The summed E-state index contributed by atoms with van der Waals surface area (Å²) < 4.78 is 0. The SMILES string of the molecule is Br.CCCCCCCSc1ccccn1. The molecular formula is C12H20BrNS. The molecule has 0 radical (unpaired) electrons. The normalized spacial score (nSPS) is 9.67. The molecule has 1 rings (SSSR count). The third-order valence-corrected chi connectivity index (χ3v) is 3.17. The summed E-state index contributed by atoms with van der Waals surface area (Å²) >= 11 is 1.87. The fraction of sp³-hybridized carbons (Fsp3) is 0.583. The monoisotopic (exact) mass is 289 g/mol. The van der Waals surface area contributed by atoms with Crippen LogP contribution < -0.4 is 0 Å². The molecule has 0 aliphatic heterocycles. The van der Waals surface area contributed by atoms with Crippen molar-refractivity contribution >= 4 is 28.7 Å². The molecule has 15 heavy (non-hydrogen) atoms. The van der Waals surface area contributed by atoms with E-state index < -0.39 is 0 Å². The third kappa shape index (κ3) is 7.86. The molecule has 0 N–H and O–H groups in total. The Morgan fingerprint density at radius 2 is 1.93 bits per heavy atom. The van der Waals surface area contributed by atoms with Crippen LogP contribution in [0.4, 0.5) is 0 Å². The summed E-state index contributed by atoms with van der Waals surface area (Å²) in [5, 5.41) is 1.16. The molecule has 0 atom stereocenters. The molecule has 1 nitrogen and oxygen atoms in total. The van der Waals surface area contributed by atoms with E-state index in [1.807, 2.05) is 30.1 Å². The zero-order valence-corrected chi connectivity index (χ0v) is 11.8. The van der Waals surface area contributed by atoms with Gasteiger partial charge in [-0.1, -0.05) is 38.7 Å². The van der Waals surface area contributed by atoms with Gasteiger partial charge in [-0.2, -0.15) is 0 Å². The molecular weight excluding hydrogens is 270 g/mol. The van der Waals surface area contributed by atoms with Crippen molar-refractivity contribution in [1.29, 1.82) is 0 Å². The molecule has 0 saturated carbocycles. The van der Waals surface area contributed by atoms with Crippen LogP contribution in [0.3, 0.4) is 0 Å². The Morgan fingerprint density at radius 1 is 1.13 bits per heavy atom. The second-order valence-electron chi connectivity index (χ2n) is 3.43. The van der Waals surface area contributed by atoms with Gasteiger partial charge in [-0.05, 0) is 24.3 Å². The van der Waals surface area contributed by atoms with Crippen molar-refractivity contribution in [3.8, 4) is 0 Å². The fourth-order valence-corrected chi connectivity index (χ4v) is 2.18. The van der Waals surface area contributed by atoms with Gasteiger partial charge in [-0.15, -0.1) is 28.7 Å². The molecule has 1 heterocycles. The van der Waals surface area contributed by atoms with Crippen LogP contribution in [0, 0.1) is 0 Å². The fourth-order valence-electron chi connectivity index (χ4n) is 1.31. The number of unbranched alkanes of at least 4 members (excludes halogenated alkanes) is 4. The first-order valence-corrected chi connectivity index (χ1v) is 6.46. The molecule has 86 valence electrons. The molecule has 0 amide bonds. The average molecular weight is 290 g/mol. The Bertz CT molecular complexity index is 228. The molecule has 0 fully saturated rings. The van der Waals surface area contributed by atoms with Crippen molar-refractivity contribution in [3.63, 3.8) is 0 Å². The molecule has 0 bridgehead atoms. The predicted molar refractivity (Wildman–Crippen MR) is 74.0 cm³/mol. The van der Waals surface area contributed by atoms with Gasteiger partial charge >= 0.3 is 0 Å². The van der Waals surface area contributed by atoms with E-state index in [2.05, 4.69) is 18.0 Å². The van der Waals surface area contributed by atoms with Gasteiger partial charge < -0.3 is 0 Å². The van der Waals surface area contributed by atoms with Crippen molar-refractivity contribution in [2.75, 3.05) is 5.75 Å². The number of pyridine rings is 1. The minimum Gasteiger partial charge on any atom is -0.250 e. The Hall–Kier alpha value is -0.0200. The summed E-state index contributed by atoms with van der Waals surface area (Å²) in [4.78, 5) is 4.28. The lowest BCUT2D eigenvalue weighted by Crippen LogP contribution is -1.83. The van der Waals surface area contributed by atoms with E-state index in [0.29, 0.717) is 0 Å². The minimum atomic E-state index is 0. The van der Waals surface area contributed by atoms with Crippen molar-refractivity contribution in [3.05, 3.63) is 24.4 Å². The van der Waals surface area contributed by atoms with Crippen molar-refractivity contribution in [2.24, 2.45) is 0 Å². The van der Waals surface area contributed by atoms with Gasteiger partial charge in [-0.25, -0.2) is 4.98 Å². The molecule has 0 unspecified atom stereocenters. The number of nitrogens with zero attached hydrogens (tertiary/aromatic N) is 1. The van der Waals surface area contributed by atoms with Gasteiger partial charge in [-0.3, -0.25) is 0 Å². The summed E-state index contributed by atoms with van der Waals surface area (Å²) in [6.07, 6.45) is 8.65. The predicted octanol–water partition coefficient (Wildman–Crippen LogP) is 4.72. The number of hydrogen-bond donors (Lipinski definition) is 0. The number of halogens is 1. The van der Waals surface area contributed by atoms with E-state index >= 15 is 0 Å². The van der Waals surface area contributed by atoms with Crippen LogP contribution in [0.15, 0.2) is 29.4 Å². The maximum atomic E-state index is 4.28. The molecule has 1 aromatic rings. The molecule has 0 saturated heterocycles. The first-order valence-electron chi connectivity index (χ1n) is 5.47. The Kier molecular flexibility index (Phi) is 10.5. The van der Waals surface area contributed by atoms with E-state index in [4.69, 9.17) is 0 Å². The van der Waals surface area contributed by atoms with Gasteiger partial charge in [0.1, 0.15) is 0 Å². The van der Waals surface area contributed by atoms with Crippen LogP contribution in [0.1, 0.15) is 39.0 Å². The van der Waals surface area contributed by atoms with Gasteiger partial charge in [0.05, 0.1) is 5.03 Å². The van der Waals surface area contributed by atoms with Gasteiger partial charge in [0.15, 0.2) is 0 Å². The summed E-state index contributed by atoms with van der Waals surface area (Å²) in [6, 6.07) is 6.09. The van der Waals surface area contributed by atoms with E-state index in [1.165, 1.54) is 37.9 Å². The summed E-state index contributed by atoms with van der Waals surface area (Å²) in [6.45, 7) is 2.25. The molecule has 0 spiro atoms. The largest absolute Gasteiger partial charge is 0.250 e. The van der Waals surface area contributed by atoms with Crippen LogP contribution in [0.25, 0.3) is 0 Å². The minimum absolute atomic E-state index is 0. The standard InChI is InChI=1S/C12H19NS.BrH/c1-2-3-4-5-8-11-14-12-9-6-7-10-13-12;/h6-7,9-10H,2-5,8,11H2,1H3;1H. The van der Waals surface area contributed by atoms with Crippen molar-refractivity contribution in [2.45, 2.75) is 44.1 Å². The lowest BCUT2D eigenvalue weighted by Gasteiger charge is -2.00. The van der Waals surface area contributed by atoms with Crippen LogP contribution in [0.2, 0.25) is 0 Å². The zero-order chi connectivity index (χ0) is 10.1. The van der Waals surface area contributed by atoms with Gasteiger partial charge in [0, 0.05) is 6.20 Å². The average Bonchev–Trinajstić information content (AvgIpc) is 2.25. The Labute approximate surface area is 108 Å². The van der Waals surface area contributed by atoms with Crippen molar-refractivity contribution in [1.82, 2.24) is 4.98 Å². The lowest BCUT2D eigenvalue weighted by molar-refractivity contribution is 0.659. The molecule has 0 aliphatic carbocycles. The number of rotatable bonds is 7. The van der Waals surface area contributed by atoms with E-state index in [9.17, 15) is 0 Å². The zero-order valence-electron chi connectivity index (χ0n) is 9.32. The maximum absolute atomic E-state index is 4.28. The van der Waals surface area contributed by atoms with E-state index in [0.717, 1.165) is 5.03 Å². The second kappa shape index (κ2) is 10.5. The lowest BCUT2D eigenvalue weighted by atomic mass is 10.2. The van der Waals surface area contributed by atoms with Gasteiger partial charge in [0.2, 0.25) is 0 Å². The summed E-state index contributed by atoms with van der Waals surface area (Å²) in [5.41, 5.74) is 0. The molecule has 0 aliphatic rings. The third-order valence-electron chi connectivity index (χ3n) is 2.14. The first kappa shape index (κ1) is 15.0. The first-order chi connectivity index (χ1) is 6.93. The van der Waals surface area contributed by atoms with Crippen LogP contribution in [0.5, 0.6) is 0 Å². The molecule has 1 aromatic heterocycles. The number of hydrogen-bond acceptors (Lipinski definition) is 2. The highest BCUT2D eigenvalue weighted by molar-refractivity contribution is 8.93.